The zero-order valence-corrected chi connectivity index (χ0v) is 17.8. The Labute approximate surface area is 173 Å². The van der Waals surface area contributed by atoms with Gasteiger partial charge in [0, 0.05) is 39.3 Å². The van der Waals surface area contributed by atoms with Gasteiger partial charge >= 0.3 is 6.03 Å². The van der Waals surface area contributed by atoms with Gasteiger partial charge in [-0.1, -0.05) is 26.3 Å². The first-order valence-electron chi connectivity index (χ1n) is 10.3. The lowest BCUT2D eigenvalue weighted by atomic mass is 10.1. The molecule has 1 aromatic heterocycles. The minimum atomic E-state index is -0.352. The number of amides is 3. The number of rotatable bonds is 11. The van der Waals surface area contributed by atoms with Crippen molar-refractivity contribution < 1.29 is 9.59 Å². The number of carbonyl (C=O) groups excluding carboxylic acids is 2. The summed E-state index contributed by atoms with van der Waals surface area (Å²) in [6.07, 6.45) is 9.00. The van der Waals surface area contributed by atoms with E-state index in [1.54, 1.807) is 24.2 Å². The molecule has 1 aliphatic rings. The molecule has 1 fully saturated rings. The molecule has 1 heterocycles. The Balaban J connectivity index is 1.94. The molecule has 0 saturated heterocycles. The van der Waals surface area contributed by atoms with Crippen LogP contribution in [0, 0.1) is 5.92 Å². The summed E-state index contributed by atoms with van der Waals surface area (Å²) in [5.41, 5.74) is 0.677. The first-order chi connectivity index (χ1) is 14.0. The van der Waals surface area contributed by atoms with E-state index >= 15 is 0 Å². The van der Waals surface area contributed by atoms with Gasteiger partial charge in [0.1, 0.15) is 17.3 Å². The Hall–Kier alpha value is -2.77. The second kappa shape index (κ2) is 11.3. The van der Waals surface area contributed by atoms with Crippen molar-refractivity contribution in [2.75, 3.05) is 26.0 Å². The molecule has 1 atom stereocenters. The van der Waals surface area contributed by atoms with Crippen LogP contribution in [0.1, 0.15) is 45.4 Å². The van der Waals surface area contributed by atoms with Gasteiger partial charge in [0.15, 0.2) is 0 Å². The van der Waals surface area contributed by atoms with Gasteiger partial charge in [-0.15, -0.1) is 0 Å². The molecule has 0 bridgehead atoms. The summed E-state index contributed by atoms with van der Waals surface area (Å²) in [6, 6.07) is 1.34. The highest BCUT2D eigenvalue weighted by atomic mass is 16.2. The summed E-state index contributed by atoms with van der Waals surface area (Å²) in [6.45, 7) is 6.34. The summed E-state index contributed by atoms with van der Waals surface area (Å²) >= 11 is 0. The maximum atomic E-state index is 12.5. The van der Waals surface area contributed by atoms with Crippen LogP contribution >= 0.6 is 0 Å². The molecular formula is C21H34N6O2. The van der Waals surface area contributed by atoms with Crippen molar-refractivity contribution in [3.8, 4) is 0 Å². The van der Waals surface area contributed by atoms with E-state index in [4.69, 9.17) is 0 Å². The topological polar surface area (TPSA) is 102 Å². The Morgan fingerprint density at radius 3 is 2.83 bits per heavy atom. The van der Waals surface area contributed by atoms with Crippen molar-refractivity contribution in [2.24, 2.45) is 10.9 Å². The minimum Gasteiger partial charge on any atom is -0.373 e. The molecule has 1 aromatic rings. The van der Waals surface area contributed by atoms with Crippen LogP contribution in [0.2, 0.25) is 0 Å². The summed E-state index contributed by atoms with van der Waals surface area (Å²) in [5, 5.41) is 8.73. The van der Waals surface area contributed by atoms with Crippen molar-refractivity contribution in [3.05, 3.63) is 24.9 Å². The van der Waals surface area contributed by atoms with E-state index in [1.165, 1.54) is 6.08 Å². The molecular weight excluding hydrogens is 368 g/mol. The second-order valence-electron chi connectivity index (χ2n) is 7.55. The van der Waals surface area contributed by atoms with Gasteiger partial charge in [0.05, 0.1) is 0 Å². The van der Waals surface area contributed by atoms with E-state index in [9.17, 15) is 9.59 Å². The first kappa shape index (κ1) is 22.5. The van der Waals surface area contributed by atoms with E-state index in [-0.39, 0.29) is 18.0 Å². The lowest BCUT2D eigenvalue weighted by Gasteiger charge is -2.25. The van der Waals surface area contributed by atoms with Crippen LogP contribution in [0.15, 0.2) is 29.9 Å². The SMILES string of the molecule is C=CC(=Nc1cc[nH]c1NC)NC(=O)NC(CCCC)CN(C)C(=O)CC1CC1. The summed E-state index contributed by atoms with van der Waals surface area (Å²) < 4.78 is 0. The van der Waals surface area contributed by atoms with Crippen molar-refractivity contribution in [1.82, 2.24) is 20.5 Å². The van der Waals surface area contributed by atoms with Crippen molar-refractivity contribution in [2.45, 2.75) is 51.5 Å². The third-order valence-electron chi connectivity index (χ3n) is 4.97. The molecule has 4 N–H and O–H groups in total. The van der Waals surface area contributed by atoms with Gasteiger partial charge in [-0.05, 0) is 37.3 Å². The predicted molar refractivity (Wildman–Crippen MR) is 118 cm³/mol. The molecule has 160 valence electrons. The van der Waals surface area contributed by atoms with Gasteiger partial charge in [0.2, 0.25) is 5.91 Å². The van der Waals surface area contributed by atoms with Crippen LogP contribution in [0.25, 0.3) is 0 Å². The zero-order valence-electron chi connectivity index (χ0n) is 17.8. The molecule has 1 aliphatic carbocycles. The number of aromatic amines is 1. The van der Waals surface area contributed by atoms with Crippen LogP contribution in [-0.4, -0.2) is 54.3 Å². The Bertz CT molecular complexity index is 723. The average Bonchev–Trinajstić information content (AvgIpc) is 3.40. The molecule has 3 amide bonds. The van der Waals surface area contributed by atoms with Gasteiger partial charge in [0.25, 0.3) is 0 Å². The normalized spacial score (nSPS) is 14.8. The predicted octanol–water partition coefficient (Wildman–Crippen LogP) is 3.39. The number of urea groups is 1. The molecule has 0 spiro atoms. The highest BCUT2D eigenvalue weighted by Crippen LogP contribution is 2.32. The lowest BCUT2D eigenvalue weighted by Crippen LogP contribution is -2.49. The quantitative estimate of drug-likeness (QED) is 0.337. The number of hydrogen-bond acceptors (Lipinski definition) is 4. The number of unbranched alkanes of at least 4 members (excludes halogenated alkanes) is 1. The number of aliphatic imine (C=N–C) groups is 1. The fourth-order valence-electron chi connectivity index (χ4n) is 3.06. The first-order valence-corrected chi connectivity index (χ1v) is 10.3. The van der Waals surface area contributed by atoms with E-state index in [0.717, 1.165) is 37.9 Å². The number of nitrogens with one attached hydrogen (secondary N) is 4. The van der Waals surface area contributed by atoms with E-state index in [0.29, 0.717) is 30.4 Å². The molecule has 8 nitrogen and oxygen atoms in total. The number of amidine groups is 1. The molecule has 0 aromatic carbocycles. The van der Waals surface area contributed by atoms with Crippen molar-refractivity contribution in [3.63, 3.8) is 0 Å². The minimum absolute atomic E-state index is 0.116. The molecule has 29 heavy (non-hydrogen) atoms. The van der Waals surface area contributed by atoms with Crippen LogP contribution in [0.4, 0.5) is 16.3 Å². The smallest absolute Gasteiger partial charge is 0.320 e. The fraction of sp³-hybridized carbons (Fsp3) is 0.571. The molecule has 2 rings (SSSR count). The lowest BCUT2D eigenvalue weighted by molar-refractivity contribution is -0.130. The summed E-state index contributed by atoms with van der Waals surface area (Å²) in [7, 11) is 3.60. The van der Waals surface area contributed by atoms with Gasteiger partial charge < -0.3 is 20.5 Å². The molecule has 0 aliphatic heterocycles. The third kappa shape index (κ3) is 7.63. The number of anilines is 1. The Kier molecular flexibility index (Phi) is 8.76. The maximum absolute atomic E-state index is 12.5. The monoisotopic (exact) mass is 402 g/mol. The number of hydrogen-bond donors (Lipinski definition) is 4. The number of H-pyrrole nitrogens is 1. The third-order valence-corrected chi connectivity index (χ3v) is 4.97. The van der Waals surface area contributed by atoms with E-state index in [1.807, 2.05) is 7.05 Å². The standard InChI is InChI=1S/C21H34N6O2/c1-5-7-8-16(14-27(4)19(28)13-15-9-10-15)24-21(29)26-18(6-2)25-17-11-12-23-20(17)22-3/h6,11-12,15-16,22-23H,2,5,7-10,13-14H2,1,3-4H3,(H2,24,25,26,29). The highest BCUT2D eigenvalue weighted by Gasteiger charge is 2.27. The molecule has 1 unspecified atom stereocenters. The highest BCUT2D eigenvalue weighted by molar-refractivity contribution is 6.05. The number of likely N-dealkylation sites (N-methyl/N-ethyl adjacent to an activating group) is 1. The molecule has 1 saturated carbocycles. The summed E-state index contributed by atoms with van der Waals surface area (Å²) in [4.78, 5) is 34.0. The largest absolute Gasteiger partial charge is 0.373 e. The second-order valence-corrected chi connectivity index (χ2v) is 7.55. The van der Waals surface area contributed by atoms with Crippen molar-refractivity contribution in [1.29, 1.82) is 0 Å². The number of aromatic nitrogens is 1. The molecule has 0 radical (unpaired) electrons. The van der Waals surface area contributed by atoms with Crippen LogP contribution in [0.3, 0.4) is 0 Å². The average molecular weight is 403 g/mol. The van der Waals surface area contributed by atoms with Crippen LogP contribution in [0.5, 0.6) is 0 Å². The number of nitrogens with zero attached hydrogens (tertiary/aromatic N) is 2. The number of carbonyl (C=O) groups is 2. The fourth-order valence-corrected chi connectivity index (χ4v) is 3.06. The summed E-state index contributed by atoms with van der Waals surface area (Å²) in [5.74, 6) is 1.81. The Morgan fingerprint density at radius 1 is 1.45 bits per heavy atom. The van der Waals surface area contributed by atoms with Gasteiger partial charge in [-0.25, -0.2) is 9.79 Å². The maximum Gasteiger partial charge on any atom is 0.320 e. The van der Waals surface area contributed by atoms with Crippen molar-refractivity contribution >= 4 is 29.3 Å². The van der Waals surface area contributed by atoms with Crippen LogP contribution in [-0.2, 0) is 4.79 Å². The van der Waals surface area contributed by atoms with Crippen LogP contribution < -0.4 is 16.0 Å². The molecule has 8 heteroatoms. The zero-order chi connectivity index (χ0) is 21.2. The Morgan fingerprint density at radius 2 is 2.21 bits per heavy atom. The van der Waals surface area contributed by atoms with E-state index < -0.39 is 0 Å². The van der Waals surface area contributed by atoms with Gasteiger partial charge in [-0.2, -0.15) is 0 Å². The van der Waals surface area contributed by atoms with Gasteiger partial charge in [-0.3, -0.25) is 10.1 Å². The van der Waals surface area contributed by atoms with E-state index in [2.05, 4.69) is 39.4 Å².